The second-order valence-electron chi connectivity index (χ2n) is 5.13. The van der Waals surface area contributed by atoms with Gasteiger partial charge in [-0.2, -0.15) is 0 Å². The molecule has 1 N–H and O–H groups in total. The lowest BCUT2D eigenvalue weighted by Crippen LogP contribution is -2.43. The van der Waals surface area contributed by atoms with E-state index in [1.54, 1.807) is 7.11 Å². The SMILES string of the molecule is COc1ccc2c(c1)NCC(CN1CCC1)C2. The highest BCUT2D eigenvalue weighted by Gasteiger charge is 2.23. The summed E-state index contributed by atoms with van der Waals surface area (Å²) in [4.78, 5) is 2.56. The summed E-state index contributed by atoms with van der Waals surface area (Å²) in [5.74, 6) is 1.70. The standard InChI is InChI=1S/C14H20N2O/c1-17-13-4-3-12-7-11(9-15-14(12)8-13)10-16-5-2-6-16/h3-4,8,11,15H,2,5-7,9-10H2,1H3. The minimum Gasteiger partial charge on any atom is -0.497 e. The molecular weight excluding hydrogens is 212 g/mol. The summed E-state index contributed by atoms with van der Waals surface area (Å²) in [5, 5.41) is 3.53. The van der Waals surface area contributed by atoms with Crippen LogP contribution >= 0.6 is 0 Å². The van der Waals surface area contributed by atoms with E-state index in [0.717, 1.165) is 18.2 Å². The van der Waals surface area contributed by atoms with E-state index in [1.807, 2.05) is 0 Å². The molecule has 2 aliphatic rings. The number of ether oxygens (including phenoxy) is 1. The highest BCUT2D eigenvalue weighted by Crippen LogP contribution is 2.29. The zero-order valence-electron chi connectivity index (χ0n) is 10.4. The molecule has 3 nitrogen and oxygen atoms in total. The number of hydrogen-bond acceptors (Lipinski definition) is 3. The number of anilines is 1. The Bertz CT molecular complexity index is 401. The van der Waals surface area contributed by atoms with Gasteiger partial charge >= 0.3 is 0 Å². The molecular formula is C14H20N2O. The highest BCUT2D eigenvalue weighted by molar-refractivity contribution is 5.57. The number of nitrogens with zero attached hydrogens (tertiary/aromatic N) is 1. The first-order valence-electron chi connectivity index (χ1n) is 6.48. The maximum atomic E-state index is 5.25. The molecule has 0 aliphatic carbocycles. The van der Waals surface area contributed by atoms with Crippen LogP contribution in [0.4, 0.5) is 5.69 Å². The van der Waals surface area contributed by atoms with Gasteiger partial charge in [0, 0.05) is 24.8 Å². The molecule has 3 rings (SSSR count). The van der Waals surface area contributed by atoms with Crippen LogP contribution in [0.2, 0.25) is 0 Å². The molecule has 1 saturated heterocycles. The van der Waals surface area contributed by atoms with Crippen molar-refractivity contribution in [2.75, 3.05) is 38.6 Å². The van der Waals surface area contributed by atoms with Gasteiger partial charge in [0.2, 0.25) is 0 Å². The molecule has 1 aromatic rings. The molecule has 0 radical (unpaired) electrons. The first kappa shape index (κ1) is 10.9. The smallest absolute Gasteiger partial charge is 0.120 e. The van der Waals surface area contributed by atoms with Crippen molar-refractivity contribution in [1.29, 1.82) is 0 Å². The molecule has 1 atom stereocenters. The minimum atomic E-state index is 0.760. The van der Waals surface area contributed by atoms with Crippen molar-refractivity contribution in [3.05, 3.63) is 23.8 Å². The predicted octanol–water partition coefficient (Wildman–Crippen LogP) is 1.99. The van der Waals surface area contributed by atoms with Crippen molar-refractivity contribution >= 4 is 5.69 Å². The number of nitrogens with one attached hydrogen (secondary N) is 1. The lowest BCUT2D eigenvalue weighted by Gasteiger charge is -2.36. The van der Waals surface area contributed by atoms with Crippen LogP contribution in [0.25, 0.3) is 0 Å². The first-order valence-corrected chi connectivity index (χ1v) is 6.48. The van der Waals surface area contributed by atoms with Crippen molar-refractivity contribution in [3.63, 3.8) is 0 Å². The second-order valence-corrected chi connectivity index (χ2v) is 5.13. The van der Waals surface area contributed by atoms with E-state index in [1.165, 1.54) is 43.7 Å². The van der Waals surface area contributed by atoms with E-state index in [0.29, 0.717) is 0 Å². The quantitative estimate of drug-likeness (QED) is 0.862. The maximum absolute atomic E-state index is 5.25. The molecule has 1 fully saturated rings. The summed E-state index contributed by atoms with van der Waals surface area (Å²) < 4.78 is 5.25. The van der Waals surface area contributed by atoms with E-state index in [4.69, 9.17) is 4.74 Å². The molecule has 17 heavy (non-hydrogen) atoms. The fourth-order valence-corrected chi connectivity index (χ4v) is 2.72. The number of likely N-dealkylation sites (tertiary alicyclic amines) is 1. The third-order valence-electron chi connectivity index (χ3n) is 3.87. The Kier molecular flexibility index (Phi) is 2.93. The van der Waals surface area contributed by atoms with Crippen molar-refractivity contribution in [1.82, 2.24) is 4.90 Å². The van der Waals surface area contributed by atoms with Crippen molar-refractivity contribution in [2.24, 2.45) is 5.92 Å². The average Bonchev–Trinajstić information content (AvgIpc) is 2.33. The van der Waals surface area contributed by atoms with Gasteiger partial charge in [0.05, 0.1) is 7.11 Å². The first-order chi connectivity index (χ1) is 8.35. The van der Waals surface area contributed by atoms with E-state index in [9.17, 15) is 0 Å². The normalized spacial score (nSPS) is 23.5. The maximum Gasteiger partial charge on any atom is 0.120 e. The molecule has 92 valence electrons. The molecule has 2 heterocycles. The van der Waals surface area contributed by atoms with Crippen molar-refractivity contribution in [3.8, 4) is 5.75 Å². The fourth-order valence-electron chi connectivity index (χ4n) is 2.72. The Balaban J connectivity index is 1.67. The molecule has 1 unspecified atom stereocenters. The number of rotatable bonds is 3. The van der Waals surface area contributed by atoms with Gasteiger partial charge in [0.1, 0.15) is 5.75 Å². The van der Waals surface area contributed by atoms with E-state index in [-0.39, 0.29) is 0 Å². The van der Waals surface area contributed by atoms with Crippen LogP contribution in [0.1, 0.15) is 12.0 Å². The van der Waals surface area contributed by atoms with Gasteiger partial charge in [0.25, 0.3) is 0 Å². The number of methoxy groups -OCH3 is 1. The van der Waals surface area contributed by atoms with Crippen LogP contribution in [-0.4, -0.2) is 38.2 Å². The highest BCUT2D eigenvalue weighted by atomic mass is 16.5. The molecule has 0 aromatic heterocycles. The van der Waals surface area contributed by atoms with Crippen LogP contribution in [0.3, 0.4) is 0 Å². The third-order valence-corrected chi connectivity index (χ3v) is 3.87. The summed E-state index contributed by atoms with van der Waals surface area (Å²) in [6, 6.07) is 6.37. The fraction of sp³-hybridized carbons (Fsp3) is 0.571. The lowest BCUT2D eigenvalue weighted by atomic mass is 9.92. The van der Waals surface area contributed by atoms with Gasteiger partial charge in [-0.3, -0.25) is 0 Å². The van der Waals surface area contributed by atoms with Gasteiger partial charge < -0.3 is 15.0 Å². The van der Waals surface area contributed by atoms with Crippen molar-refractivity contribution in [2.45, 2.75) is 12.8 Å². The zero-order valence-corrected chi connectivity index (χ0v) is 10.4. The third kappa shape index (κ3) is 2.25. The Morgan fingerprint density at radius 3 is 3.00 bits per heavy atom. The van der Waals surface area contributed by atoms with Gasteiger partial charge in [-0.05, 0) is 43.5 Å². The van der Waals surface area contributed by atoms with Crippen LogP contribution in [-0.2, 0) is 6.42 Å². The van der Waals surface area contributed by atoms with Crippen LogP contribution in [0, 0.1) is 5.92 Å². The second kappa shape index (κ2) is 4.57. The van der Waals surface area contributed by atoms with Gasteiger partial charge in [-0.1, -0.05) is 6.07 Å². The van der Waals surface area contributed by atoms with Gasteiger partial charge in [0.15, 0.2) is 0 Å². The number of fused-ring (bicyclic) bond motifs is 1. The minimum absolute atomic E-state index is 0.760. The molecule has 1 aromatic carbocycles. The lowest BCUT2D eigenvalue weighted by molar-refractivity contribution is 0.153. The summed E-state index contributed by atoms with van der Waals surface area (Å²) in [7, 11) is 1.72. The Morgan fingerprint density at radius 2 is 2.29 bits per heavy atom. The van der Waals surface area contributed by atoms with Crippen LogP contribution in [0.5, 0.6) is 5.75 Å². The van der Waals surface area contributed by atoms with E-state index >= 15 is 0 Å². The Hall–Kier alpha value is -1.22. The largest absolute Gasteiger partial charge is 0.497 e. The molecule has 0 spiro atoms. The van der Waals surface area contributed by atoms with E-state index in [2.05, 4.69) is 28.4 Å². The summed E-state index contributed by atoms with van der Waals surface area (Å²) in [5.41, 5.74) is 2.69. The van der Waals surface area contributed by atoms with Crippen molar-refractivity contribution < 1.29 is 4.74 Å². The summed E-state index contributed by atoms with van der Waals surface area (Å²) in [6.07, 6.45) is 2.58. The van der Waals surface area contributed by atoms with Crippen LogP contribution < -0.4 is 10.1 Å². The topological polar surface area (TPSA) is 24.5 Å². The molecule has 0 saturated carbocycles. The Labute approximate surface area is 103 Å². The van der Waals surface area contributed by atoms with Gasteiger partial charge in [-0.25, -0.2) is 0 Å². The average molecular weight is 232 g/mol. The van der Waals surface area contributed by atoms with Crippen LogP contribution in [0.15, 0.2) is 18.2 Å². The molecule has 3 heteroatoms. The summed E-state index contributed by atoms with van der Waals surface area (Å²) in [6.45, 7) is 4.94. The Morgan fingerprint density at radius 1 is 1.41 bits per heavy atom. The van der Waals surface area contributed by atoms with E-state index < -0.39 is 0 Å². The number of hydrogen-bond donors (Lipinski definition) is 1. The molecule has 2 aliphatic heterocycles. The predicted molar refractivity (Wildman–Crippen MR) is 69.7 cm³/mol. The monoisotopic (exact) mass is 232 g/mol. The summed E-state index contributed by atoms with van der Waals surface area (Å²) >= 11 is 0. The molecule has 0 amide bonds. The van der Waals surface area contributed by atoms with Gasteiger partial charge in [-0.15, -0.1) is 0 Å². The number of benzene rings is 1. The molecule has 0 bridgehead atoms. The zero-order chi connectivity index (χ0) is 11.7.